The Morgan fingerprint density at radius 3 is 2.47 bits per heavy atom. The van der Waals surface area contributed by atoms with Crippen molar-refractivity contribution in [3.05, 3.63) is 87.6 Å². The van der Waals surface area contributed by atoms with Crippen LogP contribution in [0.2, 0.25) is 5.02 Å². The molecule has 3 aromatic carbocycles. The lowest BCUT2D eigenvalue weighted by Crippen LogP contribution is -2.27. The first-order valence-electron chi connectivity index (χ1n) is 9.44. The number of nitrogens with zero attached hydrogens (tertiary/aromatic N) is 2. The maximum Gasteiger partial charge on any atom is 0.279 e. The number of rotatable bonds is 5. The molecule has 0 aliphatic rings. The Balaban J connectivity index is 1.90. The Morgan fingerprint density at radius 2 is 1.78 bits per heavy atom. The van der Waals surface area contributed by atoms with Crippen molar-refractivity contribution in [2.45, 2.75) is 0 Å². The second-order valence-corrected chi connectivity index (χ2v) is 7.13. The highest BCUT2D eigenvalue weighted by Gasteiger charge is 2.20. The molecule has 1 N–H and O–H groups in total. The summed E-state index contributed by atoms with van der Waals surface area (Å²) in [4.78, 5) is 26.3. The summed E-state index contributed by atoms with van der Waals surface area (Å²) < 4.78 is 25.1. The lowest BCUT2D eigenvalue weighted by Gasteiger charge is -2.14. The molecule has 32 heavy (non-hydrogen) atoms. The Hall–Kier alpha value is -3.91. The van der Waals surface area contributed by atoms with Crippen LogP contribution in [0, 0.1) is 5.82 Å². The zero-order chi connectivity index (χ0) is 22.8. The van der Waals surface area contributed by atoms with Crippen molar-refractivity contribution in [2.75, 3.05) is 19.5 Å². The quantitative estimate of drug-likeness (QED) is 0.483. The first-order valence-corrected chi connectivity index (χ1v) is 9.81. The van der Waals surface area contributed by atoms with Gasteiger partial charge < -0.3 is 14.8 Å². The molecule has 7 nitrogen and oxygen atoms in total. The molecule has 0 saturated heterocycles. The molecule has 0 fully saturated rings. The average Bonchev–Trinajstić information content (AvgIpc) is 2.81. The molecule has 0 saturated carbocycles. The number of aromatic nitrogens is 2. The maximum atomic E-state index is 13.4. The average molecular weight is 454 g/mol. The predicted molar refractivity (Wildman–Crippen MR) is 120 cm³/mol. The van der Waals surface area contributed by atoms with Crippen LogP contribution in [0.15, 0.2) is 65.5 Å². The Kier molecular flexibility index (Phi) is 5.79. The maximum absolute atomic E-state index is 13.4. The van der Waals surface area contributed by atoms with Crippen molar-refractivity contribution < 1.29 is 18.7 Å². The number of amides is 1. The molecule has 1 aromatic heterocycles. The molecule has 4 rings (SSSR count). The van der Waals surface area contributed by atoms with Gasteiger partial charge in [0.2, 0.25) is 0 Å². The van der Waals surface area contributed by atoms with Crippen molar-refractivity contribution in [3.8, 4) is 17.2 Å². The van der Waals surface area contributed by atoms with Crippen LogP contribution in [0.1, 0.15) is 10.5 Å². The van der Waals surface area contributed by atoms with Crippen LogP contribution in [-0.4, -0.2) is 29.9 Å². The minimum Gasteiger partial charge on any atom is -0.497 e. The van der Waals surface area contributed by atoms with Gasteiger partial charge >= 0.3 is 0 Å². The van der Waals surface area contributed by atoms with E-state index in [4.69, 9.17) is 21.1 Å². The van der Waals surface area contributed by atoms with Gasteiger partial charge in [-0.2, -0.15) is 9.78 Å². The van der Waals surface area contributed by atoms with Gasteiger partial charge in [0.25, 0.3) is 11.5 Å². The van der Waals surface area contributed by atoms with E-state index in [9.17, 15) is 14.0 Å². The van der Waals surface area contributed by atoms with Gasteiger partial charge in [-0.05, 0) is 36.4 Å². The third-order valence-electron chi connectivity index (χ3n) is 4.81. The number of fused-ring (bicyclic) bond motifs is 1. The Morgan fingerprint density at radius 1 is 1.03 bits per heavy atom. The zero-order valence-corrected chi connectivity index (χ0v) is 17.8. The van der Waals surface area contributed by atoms with Gasteiger partial charge in [-0.3, -0.25) is 9.59 Å². The number of carbonyl (C=O) groups excluding carboxylic acids is 1. The monoisotopic (exact) mass is 453 g/mol. The smallest absolute Gasteiger partial charge is 0.279 e. The van der Waals surface area contributed by atoms with Crippen molar-refractivity contribution in [1.82, 2.24) is 9.78 Å². The SMILES string of the molecule is COc1ccc(-n2nc(C(=O)Nc3ccc(F)cc3Cl)c3ccccc3c2=O)c(OC)c1. The summed E-state index contributed by atoms with van der Waals surface area (Å²) in [6, 6.07) is 15.1. The van der Waals surface area contributed by atoms with E-state index in [0.717, 1.165) is 10.7 Å². The predicted octanol–water partition coefficient (Wildman–Crippen LogP) is 4.45. The number of benzene rings is 3. The summed E-state index contributed by atoms with van der Waals surface area (Å²) in [5.74, 6) is -0.279. The molecule has 0 unspecified atom stereocenters. The van der Waals surface area contributed by atoms with E-state index in [1.807, 2.05) is 0 Å². The Labute approximate surface area is 187 Å². The molecule has 0 radical (unpaired) electrons. The van der Waals surface area contributed by atoms with E-state index < -0.39 is 17.3 Å². The number of halogens is 2. The van der Waals surface area contributed by atoms with Crippen LogP contribution in [0.4, 0.5) is 10.1 Å². The van der Waals surface area contributed by atoms with Gasteiger partial charge in [-0.25, -0.2) is 4.39 Å². The number of ether oxygens (including phenoxy) is 2. The third-order valence-corrected chi connectivity index (χ3v) is 5.13. The van der Waals surface area contributed by atoms with Crippen molar-refractivity contribution >= 4 is 34.0 Å². The van der Waals surface area contributed by atoms with Gasteiger partial charge in [0.1, 0.15) is 23.0 Å². The number of hydrogen-bond acceptors (Lipinski definition) is 5. The number of hydrogen-bond donors (Lipinski definition) is 1. The zero-order valence-electron chi connectivity index (χ0n) is 17.1. The van der Waals surface area contributed by atoms with E-state index in [-0.39, 0.29) is 21.8 Å². The molecule has 162 valence electrons. The highest BCUT2D eigenvalue weighted by atomic mass is 35.5. The van der Waals surface area contributed by atoms with Crippen LogP contribution in [0.5, 0.6) is 11.5 Å². The highest BCUT2D eigenvalue weighted by Crippen LogP contribution is 2.28. The molecular weight excluding hydrogens is 437 g/mol. The molecule has 0 aliphatic carbocycles. The number of anilines is 1. The normalized spacial score (nSPS) is 10.8. The number of carbonyl (C=O) groups is 1. The largest absolute Gasteiger partial charge is 0.497 e. The summed E-state index contributed by atoms with van der Waals surface area (Å²) in [6.45, 7) is 0. The van der Waals surface area contributed by atoms with Gasteiger partial charge in [-0.15, -0.1) is 0 Å². The first kappa shape index (κ1) is 21.3. The lowest BCUT2D eigenvalue weighted by atomic mass is 10.1. The summed E-state index contributed by atoms with van der Waals surface area (Å²) >= 11 is 6.04. The fourth-order valence-corrected chi connectivity index (χ4v) is 3.47. The van der Waals surface area contributed by atoms with Crippen molar-refractivity contribution in [1.29, 1.82) is 0 Å². The minimum atomic E-state index is -0.615. The molecular formula is C23H17ClFN3O4. The fraction of sp³-hybridized carbons (Fsp3) is 0.0870. The molecule has 1 amide bonds. The number of nitrogens with one attached hydrogen (secondary N) is 1. The molecule has 0 atom stereocenters. The topological polar surface area (TPSA) is 82.5 Å². The van der Waals surface area contributed by atoms with E-state index in [0.29, 0.717) is 22.6 Å². The molecule has 0 spiro atoms. The van der Waals surface area contributed by atoms with E-state index in [1.54, 1.807) is 42.5 Å². The van der Waals surface area contributed by atoms with Crippen LogP contribution in [0.3, 0.4) is 0 Å². The van der Waals surface area contributed by atoms with Gasteiger partial charge in [0.15, 0.2) is 5.69 Å². The van der Waals surface area contributed by atoms with Crippen LogP contribution < -0.4 is 20.3 Å². The third kappa shape index (κ3) is 3.88. The standard InChI is InChI=1S/C23H17ClFN3O4/c1-31-14-8-10-19(20(12-14)32-2)28-23(30)16-6-4-3-5-15(16)21(27-28)22(29)26-18-9-7-13(25)11-17(18)24/h3-12H,1-2H3,(H,26,29). The van der Waals surface area contributed by atoms with Gasteiger partial charge in [-0.1, -0.05) is 29.8 Å². The van der Waals surface area contributed by atoms with E-state index in [2.05, 4.69) is 10.4 Å². The summed E-state index contributed by atoms with van der Waals surface area (Å²) in [5.41, 5.74) is 0.0977. The minimum absolute atomic E-state index is 0.0153. The van der Waals surface area contributed by atoms with Gasteiger partial charge in [0, 0.05) is 11.5 Å². The van der Waals surface area contributed by atoms with Crippen LogP contribution >= 0.6 is 11.6 Å². The second kappa shape index (κ2) is 8.68. The highest BCUT2D eigenvalue weighted by molar-refractivity contribution is 6.34. The first-order chi connectivity index (χ1) is 15.4. The van der Waals surface area contributed by atoms with E-state index >= 15 is 0 Å². The fourth-order valence-electron chi connectivity index (χ4n) is 3.25. The van der Waals surface area contributed by atoms with E-state index in [1.165, 1.54) is 26.4 Å². The Bertz CT molecular complexity index is 1400. The molecule has 4 aromatic rings. The molecule has 1 heterocycles. The van der Waals surface area contributed by atoms with Crippen LogP contribution in [-0.2, 0) is 0 Å². The lowest BCUT2D eigenvalue weighted by molar-refractivity contribution is 0.102. The molecule has 0 aliphatic heterocycles. The van der Waals surface area contributed by atoms with Crippen molar-refractivity contribution in [2.24, 2.45) is 0 Å². The van der Waals surface area contributed by atoms with Crippen molar-refractivity contribution in [3.63, 3.8) is 0 Å². The summed E-state index contributed by atoms with van der Waals surface area (Å²) in [5, 5.41) is 7.64. The summed E-state index contributed by atoms with van der Waals surface area (Å²) in [6.07, 6.45) is 0. The summed E-state index contributed by atoms with van der Waals surface area (Å²) in [7, 11) is 2.96. The van der Waals surface area contributed by atoms with Crippen LogP contribution in [0.25, 0.3) is 16.5 Å². The molecule has 0 bridgehead atoms. The molecule has 9 heteroatoms. The van der Waals surface area contributed by atoms with Gasteiger partial charge in [0.05, 0.1) is 30.3 Å². The second-order valence-electron chi connectivity index (χ2n) is 6.73. The number of methoxy groups -OCH3 is 2.